The van der Waals surface area contributed by atoms with Gasteiger partial charge in [0.2, 0.25) is 0 Å². The van der Waals surface area contributed by atoms with Crippen molar-refractivity contribution in [1.29, 1.82) is 0 Å². The minimum Gasteiger partial charge on any atom is -0.444 e. The molecule has 0 radical (unpaired) electrons. The number of nitrogens with one attached hydrogen (secondary N) is 3. The topological polar surface area (TPSA) is 66.2 Å². The van der Waals surface area contributed by atoms with Crippen LogP contribution in [0.2, 0.25) is 0 Å². The number of hydrogen-bond donors (Lipinski definition) is 3. The zero-order valence-electron chi connectivity index (χ0n) is 13.9. The number of rotatable bonds is 5. The molecule has 2 unspecified atom stereocenters. The van der Waals surface area contributed by atoms with Crippen molar-refractivity contribution in [2.24, 2.45) is 5.92 Å². The molecule has 0 aromatic carbocycles. The maximum atomic E-state index is 11.8. The van der Waals surface area contributed by atoms with Gasteiger partial charge in [-0.15, -0.1) is 0 Å². The fourth-order valence-electron chi connectivity index (χ4n) is 2.97. The molecule has 1 aromatic rings. The summed E-state index contributed by atoms with van der Waals surface area (Å²) >= 11 is 0. The Labute approximate surface area is 133 Å². The highest BCUT2D eigenvalue weighted by Crippen LogP contribution is 2.24. The second kappa shape index (κ2) is 7.68. The van der Waals surface area contributed by atoms with E-state index in [0.717, 1.165) is 13.0 Å². The van der Waals surface area contributed by atoms with Gasteiger partial charge < -0.3 is 20.4 Å². The van der Waals surface area contributed by atoms with Crippen LogP contribution in [0, 0.1) is 5.92 Å². The van der Waals surface area contributed by atoms with Crippen molar-refractivity contribution in [2.45, 2.75) is 64.6 Å². The summed E-state index contributed by atoms with van der Waals surface area (Å²) in [5.41, 5.74) is 0.756. The highest BCUT2D eigenvalue weighted by molar-refractivity contribution is 5.67. The van der Waals surface area contributed by atoms with E-state index in [0.29, 0.717) is 18.5 Å². The first-order valence-corrected chi connectivity index (χ1v) is 8.26. The highest BCUT2D eigenvalue weighted by Gasteiger charge is 2.26. The quantitative estimate of drug-likeness (QED) is 0.782. The Balaban J connectivity index is 1.78. The largest absolute Gasteiger partial charge is 0.444 e. The average Bonchev–Trinajstić information content (AvgIpc) is 2.95. The fraction of sp³-hybridized carbons (Fsp3) is 0.706. The number of aromatic amines is 1. The molecule has 1 amide bonds. The van der Waals surface area contributed by atoms with Crippen LogP contribution >= 0.6 is 0 Å². The summed E-state index contributed by atoms with van der Waals surface area (Å²) in [6.07, 6.45) is 6.44. The van der Waals surface area contributed by atoms with E-state index in [-0.39, 0.29) is 6.09 Å². The number of amides is 1. The molecule has 0 saturated heterocycles. The number of ether oxygens (including phenoxy) is 1. The van der Waals surface area contributed by atoms with Crippen LogP contribution in [0.3, 0.4) is 0 Å². The van der Waals surface area contributed by atoms with Crippen molar-refractivity contribution >= 4 is 6.09 Å². The standard InChI is InChI=1S/C17H29N3O2/c1-17(2,3)22-16(21)20-11-13-7-4-5-9-15(13)19-12-14-8-6-10-18-14/h6,8,10,13,15,18-19H,4-5,7,9,11-12H2,1-3H3,(H,20,21). The molecule has 3 N–H and O–H groups in total. The van der Waals surface area contributed by atoms with E-state index in [1.807, 2.05) is 33.0 Å². The lowest BCUT2D eigenvalue weighted by atomic mass is 9.84. The van der Waals surface area contributed by atoms with Gasteiger partial charge in [0.25, 0.3) is 0 Å². The van der Waals surface area contributed by atoms with Gasteiger partial charge in [0, 0.05) is 31.0 Å². The van der Waals surface area contributed by atoms with Gasteiger partial charge in [0.15, 0.2) is 0 Å². The van der Waals surface area contributed by atoms with Crippen LogP contribution in [-0.4, -0.2) is 29.3 Å². The lowest BCUT2D eigenvalue weighted by Gasteiger charge is -2.32. The van der Waals surface area contributed by atoms with E-state index in [2.05, 4.69) is 21.7 Å². The number of H-pyrrole nitrogens is 1. The molecule has 1 aliphatic carbocycles. The van der Waals surface area contributed by atoms with E-state index < -0.39 is 5.60 Å². The van der Waals surface area contributed by atoms with E-state index in [4.69, 9.17) is 4.74 Å². The minimum absolute atomic E-state index is 0.318. The van der Waals surface area contributed by atoms with Crippen molar-refractivity contribution < 1.29 is 9.53 Å². The third-order valence-corrected chi connectivity index (χ3v) is 4.03. The Morgan fingerprint density at radius 1 is 1.36 bits per heavy atom. The van der Waals surface area contributed by atoms with Gasteiger partial charge in [-0.25, -0.2) is 4.79 Å². The SMILES string of the molecule is CC(C)(C)OC(=O)NCC1CCCCC1NCc1ccc[nH]1. The van der Waals surface area contributed by atoms with Gasteiger partial charge in [-0.2, -0.15) is 0 Å². The molecule has 5 heteroatoms. The van der Waals surface area contributed by atoms with Gasteiger partial charge in [-0.3, -0.25) is 0 Å². The highest BCUT2D eigenvalue weighted by atomic mass is 16.6. The number of carbonyl (C=O) groups excluding carboxylic acids is 1. The van der Waals surface area contributed by atoms with Crippen LogP contribution in [0.4, 0.5) is 4.79 Å². The Kier molecular flexibility index (Phi) is 5.89. The number of alkyl carbamates (subject to hydrolysis) is 1. The normalized spacial score (nSPS) is 22.3. The predicted molar refractivity (Wildman–Crippen MR) is 87.6 cm³/mol. The second-order valence-electron chi connectivity index (χ2n) is 7.11. The Bertz CT molecular complexity index is 451. The molecule has 1 aliphatic rings. The summed E-state index contributed by atoms with van der Waals surface area (Å²) in [5, 5.41) is 6.55. The van der Waals surface area contributed by atoms with Crippen LogP contribution in [0.25, 0.3) is 0 Å². The molecule has 2 atom stereocenters. The van der Waals surface area contributed by atoms with Crippen LogP contribution < -0.4 is 10.6 Å². The summed E-state index contributed by atoms with van der Waals surface area (Å²) in [4.78, 5) is 15.0. The van der Waals surface area contributed by atoms with Gasteiger partial charge in [-0.05, 0) is 51.7 Å². The molecule has 22 heavy (non-hydrogen) atoms. The Morgan fingerprint density at radius 3 is 2.82 bits per heavy atom. The van der Waals surface area contributed by atoms with Crippen molar-refractivity contribution in [3.63, 3.8) is 0 Å². The third kappa shape index (κ3) is 5.72. The van der Waals surface area contributed by atoms with Crippen LogP contribution in [-0.2, 0) is 11.3 Å². The van der Waals surface area contributed by atoms with Gasteiger partial charge in [0.1, 0.15) is 5.60 Å². The van der Waals surface area contributed by atoms with Crippen molar-refractivity contribution in [2.75, 3.05) is 6.54 Å². The first-order chi connectivity index (χ1) is 10.4. The summed E-state index contributed by atoms with van der Waals surface area (Å²) in [5.74, 6) is 0.469. The van der Waals surface area contributed by atoms with Gasteiger partial charge in [0.05, 0.1) is 0 Å². The summed E-state index contributed by atoms with van der Waals surface area (Å²) in [6.45, 7) is 7.17. The minimum atomic E-state index is -0.443. The molecule has 124 valence electrons. The zero-order valence-corrected chi connectivity index (χ0v) is 13.9. The monoisotopic (exact) mass is 307 g/mol. The van der Waals surface area contributed by atoms with Crippen LogP contribution in [0.15, 0.2) is 18.3 Å². The number of aromatic nitrogens is 1. The van der Waals surface area contributed by atoms with E-state index in [9.17, 15) is 4.79 Å². The molecular weight excluding hydrogens is 278 g/mol. The van der Waals surface area contributed by atoms with Crippen molar-refractivity contribution in [3.05, 3.63) is 24.0 Å². The maximum Gasteiger partial charge on any atom is 0.407 e. The molecule has 0 spiro atoms. The fourth-order valence-corrected chi connectivity index (χ4v) is 2.97. The van der Waals surface area contributed by atoms with Crippen molar-refractivity contribution in [1.82, 2.24) is 15.6 Å². The molecular formula is C17H29N3O2. The molecule has 2 rings (SSSR count). The molecule has 1 fully saturated rings. The Morgan fingerprint density at radius 2 is 2.14 bits per heavy atom. The Hall–Kier alpha value is -1.49. The summed E-state index contributed by atoms with van der Waals surface area (Å²) < 4.78 is 5.31. The predicted octanol–water partition coefficient (Wildman–Crippen LogP) is 3.19. The van der Waals surface area contributed by atoms with Crippen LogP contribution in [0.5, 0.6) is 0 Å². The first-order valence-electron chi connectivity index (χ1n) is 8.26. The van der Waals surface area contributed by atoms with Crippen molar-refractivity contribution in [3.8, 4) is 0 Å². The van der Waals surface area contributed by atoms with Gasteiger partial charge >= 0.3 is 6.09 Å². The lowest BCUT2D eigenvalue weighted by Crippen LogP contribution is -2.44. The van der Waals surface area contributed by atoms with E-state index in [1.54, 1.807) is 0 Å². The summed E-state index contributed by atoms with van der Waals surface area (Å²) in [7, 11) is 0. The number of carbonyl (C=O) groups is 1. The molecule has 1 heterocycles. The summed E-state index contributed by atoms with van der Waals surface area (Å²) in [6, 6.07) is 4.55. The number of hydrogen-bond acceptors (Lipinski definition) is 3. The molecule has 0 bridgehead atoms. The second-order valence-corrected chi connectivity index (χ2v) is 7.11. The lowest BCUT2D eigenvalue weighted by molar-refractivity contribution is 0.0510. The molecule has 1 saturated carbocycles. The third-order valence-electron chi connectivity index (χ3n) is 4.03. The van der Waals surface area contributed by atoms with E-state index >= 15 is 0 Å². The average molecular weight is 307 g/mol. The molecule has 1 aromatic heterocycles. The maximum absolute atomic E-state index is 11.8. The molecule has 0 aliphatic heterocycles. The first kappa shape index (κ1) is 16.9. The van der Waals surface area contributed by atoms with Crippen LogP contribution in [0.1, 0.15) is 52.1 Å². The molecule has 5 nitrogen and oxygen atoms in total. The zero-order chi connectivity index (χ0) is 16.0. The van der Waals surface area contributed by atoms with E-state index in [1.165, 1.54) is 25.0 Å². The smallest absolute Gasteiger partial charge is 0.407 e. The van der Waals surface area contributed by atoms with Gasteiger partial charge in [-0.1, -0.05) is 12.8 Å².